The minimum absolute atomic E-state index is 0.723. The van der Waals surface area contributed by atoms with Crippen LogP contribution in [0.2, 0.25) is 0 Å². The fraction of sp³-hybridized carbons (Fsp3) is 0. The van der Waals surface area contributed by atoms with Crippen LogP contribution in [0.4, 0.5) is 0 Å². The van der Waals surface area contributed by atoms with E-state index in [0.717, 1.165) is 44.5 Å². The lowest BCUT2D eigenvalue weighted by molar-refractivity contribution is 1.23. The van der Waals surface area contributed by atoms with Crippen LogP contribution in [0.3, 0.4) is 0 Å². The van der Waals surface area contributed by atoms with Crippen molar-refractivity contribution in [1.82, 2.24) is 15.0 Å². The standard InChI is InChI=1S/C49H29N3S/c1-2-10-36-28-50-44(27-35(36)9-1)33-20-16-32(17-21-33)43-26-37-29-51-49(34-22-18-31(19-23-34)39-14-7-11-30-8-3-4-12-38(30)39)52-47(37)46-41(43)24-25-42-40-13-5-6-15-45(40)53-48(42)46/h1-29H. The normalized spacial score (nSPS) is 11.8. The minimum Gasteiger partial charge on any atom is -0.256 e. The van der Waals surface area contributed by atoms with Crippen molar-refractivity contribution >= 4 is 74.7 Å². The van der Waals surface area contributed by atoms with Crippen LogP contribution in [0.5, 0.6) is 0 Å². The second-order valence-electron chi connectivity index (χ2n) is 13.6. The number of thiophene rings is 1. The van der Waals surface area contributed by atoms with Gasteiger partial charge in [0.25, 0.3) is 0 Å². The Bertz CT molecular complexity index is 3210. The van der Waals surface area contributed by atoms with E-state index in [1.54, 1.807) is 0 Å². The second-order valence-corrected chi connectivity index (χ2v) is 14.7. The van der Waals surface area contributed by atoms with Gasteiger partial charge in [0, 0.05) is 59.9 Å². The Labute approximate surface area is 309 Å². The molecule has 0 unspecified atom stereocenters. The third-order valence-electron chi connectivity index (χ3n) is 10.6. The first-order valence-electron chi connectivity index (χ1n) is 17.8. The highest BCUT2D eigenvalue weighted by Gasteiger charge is 2.17. The Morgan fingerprint density at radius 2 is 1.04 bits per heavy atom. The van der Waals surface area contributed by atoms with Crippen molar-refractivity contribution in [3.05, 3.63) is 176 Å². The molecule has 53 heavy (non-hydrogen) atoms. The molecule has 3 aromatic heterocycles. The molecule has 3 nitrogen and oxygen atoms in total. The van der Waals surface area contributed by atoms with E-state index in [2.05, 4.69) is 164 Å². The summed E-state index contributed by atoms with van der Waals surface area (Å²) in [4.78, 5) is 15.1. The maximum atomic E-state index is 5.35. The molecule has 246 valence electrons. The van der Waals surface area contributed by atoms with Gasteiger partial charge in [-0.3, -0.25) is 4.98 Å². The highest BCUT2D eigenvalue weighted by molar-refractivity contribution is 7.26. The summed E-state index contributed by atoms with van der Waals surface area (Å²) < 4.78 is 2.53. The zero-order valence-corrected chi connectivity index (χ0v) is 29.3. The lowest BCUT2D eigenvalue weighted by atomic mass is 9.93. The quantitative estimate of drug-likeness (QED) is 0.172. The first kappa shape index (κ1) is 29.9. The van der Waals surface area contributed by atoms with Crippen LogP contribution in [-0.2, 0) is 0 Å². The molecule has 4 heteroatoms. The average molecular weight is 692 g/mol. The van der Waals surface area contributed by atoms with Gasteiger partial charge < -0.3 is 0 Å². The van der Waals surface area contributed by atoms with Crippen molar-refractivity contribution in [2.75, 3.05) is 0 Å². The average Bonchev–Trinajstić information content (AvgIpc) is 3.62. The van der Waals surface area contributed by atoms with E-state index in [-0.39, 0.29) is 0 Å². The highest BCUT2D eigenvalue weighted by atomic mass is 32.1. The van der Waals surface area contributed by atoms with E-state index in [1.165, 1.54) is 63.8 Å². The van der Waals surface area contributed by atoms with Crippen molar-refractivity contribution in [3.8, 4) is 44.9 Å². The number of rotatable bonds is 4. The van der Waals surface area contributed by atoms with Crippen molar-refractivity contribution in [1.29, 1.82) is 0 Å². The molecule has 0 N–H and O–H groups in total. The topological polar surface area (TPSA) is 38.7 Å². The number of hydrogen-bond donors (Lipinski definition) is 0. The van der Waals surface area contributed by atoms with Gasteiger partial charge in [0.15, 0.2) is 5.82 Å². The summed E-state index contributed by atoms with van der Waals surface area (Å²) >= 11 is 1.84. The Hall–Kier alpha value is -6.75. The van der Waals surface area contributed by atoms with Gasteiger partial charge in [-0.05, 0) is 62.0 Å². The molecule has 8 aromatic carbocycles. The zero-order chi connectivity index (χ0) is 34.9. The molecule has 0 saturated carbocycles. The number of aromatic nitrogens is 3. The fourth-order valence-electron chi connectivity index (χ4n) is 7.89. The molecule has 0 aliphatic heterocycles. The molecule has 0 saturated heterocycles. The largest absolute Gasteiger partial charge is 0.256 e. The van der Waals surface area contributed by atoms with E-state index in [0.29, 0.717) is 0 Å². The molecular weight excluding hydrogens is 663 g/mol. The minimum atomic E-state index is 0.723. The molecule has 3 heterocycles. The molecule has 0 atom stereocenters. The van der Waals surface area contributed by atoms with E-state index in [1.807, 2.05) is 23.7 Å². The first-order chi connectivity index (χ1) is 26.2. The van der Waals surface area contributed by atoms with Gasteiger partial charge >= 0.3 is 0 Å². The van der Waals surface area contributed by atoms with Crippen LogP contribution in [0.1, 0.15) is 0 Å². The molecule has 0 aliphatic rings. The summed E-state index contributed by atoms with van der Waals surface area (Å²) in [6.07, 6.45) is 3.96. The first-order valence-corrected chi connectivity index (χ1v) is 18.6. The Balaban J connectivity index is 1.07. The summed E-state index contributed by atoms with van der Waals surface area (Å²) in [5.41, 5.74) is 8.75. The van der Waals surface area contributed by atoms with E-state index in [4.69, 9.17) is 15.0 Å². The van der Waals surface area contributed by atoms with Crippen molar-refractivity contribution in [3.63, 3.8) is 0 Å². The number of nitrogens with zero attached hydrogens (tertiary/aromatic N) is 3. The van der Waals surface area contributed by atoms with Gasteiger partial charge in [0.1, 0.15) is 0 Å². The lowest BCUT2D eigenvalue weighted by Gasteiger charge is -2.13. The summed E-state index contributed by atoms with van der Waals surface area (Å²) in [5.74, 6) is 0.723. The Morgan fingerprint density at radius 1 is 0.396 bits per heavy atom. The van der Waals surface area contributed by atoms with Crippen LogP contribution in [0, 0.1) is 0 Å². The molecule has 0 bridgehead atoms. The van der Waals surface area contributed by atoms with Crippen molar-refractivity contribution in [2.24, 2.45) is 0 Å². The maximum absolute atomic E-state index is 5.35. The third kappa shape index (κ3) is 4.91. The van der Waals surface area contributed by atoms with E-state index >= 15 is 0 Å². The van der Waals surface area contributed by atoms with Gasteiger partial charge in [-0.2, -0.15) is 0 Å². The SMILES string of the molecule is c1ccc2cc(-c3ccc(-c4cc5cnc(-c6ccc(-c7cccc8ccccc78)cc6)nc5c5c4ccc4c6ccccc6sc45)cc3)ncc2c1. The highest BCUT2D eigenvalue weighted by Crippen LogP contribution is 2.44. The summed E-state index contributed by atoms with van der Waals surface area (Å²) in [7, 11) is 0. The number of pyridine rings is 1. The Kier molecular flexibility index (Phi) is 6.73. The molecule has 11 rings (SSSR count). The fourth-order valence-corrected chi connectivity index (χ4v) is 9.15. The summed E-state index contributed by atoms with van der Waals surface area (Å²) in [6.45, 7) is 0. The molecule has 11 aromatic rings. The predicted octanol–water partition coefficient (Wildman–Crippen LogP) is 13.5. The number of hydrogen-bond acceptors (Lipinski definition) is 4. The van der Waals surface area contributed by atoms with E-state index in [9.17, 15) is 0 Å². The maximum Gasteiger partial charge on any atom is 0.159 e. The Morgan fingerprint density at radius 3 is 1.89 bits per heavy atom. The number of fused-ring (bicyclic) bond motifs is 9. The van der Waals surface area contributed by atoms with Gasteiger partial charge in [-0.25, -0.2) is 9.97 Å². The summed E-state index contributed by atoms with van der Waals surface area (Å²) in [5, 5.41) is 10.7. The van der Waals surface area contributed by atoms with Gasteiger partial charge in [0.2, 0.25) is 0 Å². The van der Waals surface area contributed by atoms with Gasteiger partial charge in [-0.15, -0.1) is 11.3 Å². The van der Waals surface area contributed by atoms with Crippen molar-refractivity contribution < 1.29 is 0 Å². The molecule has 0 fully saturated rings. The predicted molar refractivity (Wildman–Crippen MR) is 224 cm³/mol. The van der Waals surface area contributed by atoms with Gasteiger partial charge in [0.05, 0.1) is 11.2 Å². The van der Waals surface area contributed by atoms with Crippen LogP contribution in [0.15, 0.2) is 176 Å². The van der Waals surface area contributed by atoms with Crippen LogP contribution in [-0.4, -0.2) is 15.0 Å². The molecular formula is C49H29N3S. The molecule has 0 aliphatic carbocycles. The van der Waals surface area contributed by atoms with Crippen LogP contribution in [0.25, 0.3) is 108 Å². The van der Waals surface area contributed by atoms with Crippen LogP contribution < -0.4 is 0 Å². The summed E-state index contributed by atoms with van der Waals surface area (Å²) in [6, 6.07) is 58.5. The molecule has 0 spiro atoms. The second kappa shape index (κ2) is 11.9. The monoisotopic (exact) mass is 691 g/mol. The number of benzene rings is 8. The van der Waals surface area contributed by atoms with Gasteiger partial charge in [-0.1, -0.05) is 146 Å². The van der Waals surface area contributed by atoms with E-state index < -0.39 is 0 Å². The van der Waals surface area contributed by atoms with Crippen molar-refractivity contribution in [2.45, 2.75) is 0 Å². The molecule has 0 radical (unpaired) electrons. The smallest absolute Gasteiger partial charge is 0.159 e. The zero-order valence-electron chi connectivity index (χ0n) is 28.5. The third-order valence-corrected chi connectivity index (χ3v) is 11.8. The van der Waals surface area contributed by atoms with Crippen LogP contribution >= 0.6 is 11.3 Å². The molecule has 0 amide bonds. The lowest BCUT2D eigenvalue weighted by Crippen LogP contribution is -1.93.